The molecule has 1 fully saturated rings. The summed E-state index contributed by atoms with van der Waals surface area (Å²) in [5.74, 6) is 1.02. The molecule has 0 bridgehead atoms. The summed E-state index contributed by atoms with van der Waals surface area (Å²) in [5, 5.41) is 3.26. The van der Waals surface area contributed by atoms with Gasteiger partial charge in [-0.05, 0) is 62.0 Å². The molecule has 1 amide bonds. The lowest BCUT2D eigenvalue weighted by molar-refractivity contribution is -0.151. The van der Waals surface area contributed by atoms with Gasteiger partial charge >= 0.3 is 5.97 Å². The van der Waals surface area contributed by atoms with E-state index < -0.39 is 6.10 Å². The van der Waals surface area contributed by atoms with Crippen LogP contribution in [0.4, 0.5) is 0 Å². The average Bonchev–Trinajstić information content (AvgIpc) is 3.48. The highest BCUT2D eigenvalue weighted by molar-refractivity contribution is 5.76. The third kappa shape index (κ3) is 9.27. The van der Waals surface area contributed by atoms with Crippen LogP contribution in [0, 0.1) is 0 Å². The molecule has 2 atom stereocenters. The van der Waals surface area contributed by atoms with E-state index in [-0.39, 0.29) is 24.3 Å². The van der Waals surface area contributed by atoms with Crippen molar-refractivity contribution >= 4 is 11.9 Å². The van der Waals surface area contributed by atoms with Crippen LogP contribution in [0.25, 0.3) is 0 Å². The van der Waals surface area contributed by atoms with Crippen molar-refractivity contribution in [2.45, 2.75) is 83.3 Å². The predicted molar refractivity (Wildman–Crippen MR) is 152 cm³/mol. The SMILES string of the molecule is CCCCCCCC(=O)N[C@H](CCN1CCCC1)[C@H](OC(=O)Cc1ccccc1)c1ccc2c(c1)OCCO2. The van der Waals surface area contributed by atoms with Gasteiger partial charge in [-0.25, -0.2) is 0 Å². The molecule has 2 heterocycles. The Morgan fingerprint density at radius 3 is 2.46 bits per heavy atom. The Labute approximate surface area is 233 Å². The van der Waals surface area contributed by atoms with E-state index in [1.165, 1.54) is 25.7 Å². The summed E-state index contributed by atoms with van der Waals surface area (Å²) >= 11 is 0. The lowest BCUT2D eigenvalue weighted by Crippen LogP contribution is -2.43. The van der Waals surface area contributed by atoms with Crippen LogP contribution in [-0.2, 0) is 20.7 Å². The Balaban J connectivity index is 1.53. The molecular weight excluding hydrogens is 492 g/mol. The molecule has 7 nitrogen and oxygen atoms in total. The normalized spacial score (nSPS) is 16.4. The van der Waals surface area contributed by atoms with E-state index in [0.717, 1.165) is 50.0 Å². The highest BCUT2D eigenvalue weighted by Crippen LogP contribution is 2.35. The van der Waals surface area contributed by atoms with E-state index in [0.29, 0.717) is 37.6 Å². The maximum Gasteiger partial charge on any atom is 0.310 e. The minimum atomic E-state index is -0.635. The summed E-state index contributed by atoms with van der Waals surface area (Å²) < 4.78 is 17.8. The fraction of sp³-hybridized carbons (Fsp3) is 0.562. The van der Waals surface area contributed by atoms with E-state index in [2.05, 4.69) is 17.1 Å². The van der Waals surface area contributed by atoms with Crippen LogP contribution in [0.1, 0.15) is 81.9 Å². The number of carbonyl (C=O) groups is 2. The molecule has 2 aromatic rings. The number of carbonyl (C=O) groups excluding carboxylic acids is 2. The highest BCUT2D eigenvalue weighted by atomic mass is 16.6. The molecule has 39 heavy (non-hydrogen) atoms. The van der Waals surface area contributed by atoms with Crippen LogP contribution in [0.2, 0.25) is 0 Å². The van der Waals surface area contributed by atoms with Crippen LogP contribution >= 0.6 is 0 Å². The molecule has 0 radical (unpaired) electrons. The van der Waals surface area contributed by atoms with Crippen molar-refractivity contribution in [2.75, 3.05) is 32.8 Å². The van der Waals surface area contributed by atoms with Crippen molar-refractivity contribution in [2.24, 2.45) is 0 Å². The molecule has 7 heteroatoms. The minimum Gasteiger partial charge on any atom is -0.486 e. The largest absolute Gasteiger partial charge is 0.486 e. The maximum atomic E-state index is 13.2. The molecule has 4 rings (SSSR count). The first-order valence-corrected chi connectivity index (χ1v) is 14.8. The fourth-order valence-electron chi connectivity index (χ4n) is 5.36. The number of unbranched alkanes of at least 4 members (excludes halogenated alkanes) is 4. The lowest BCUT2D eigenvalue weighted by atomic mass is 9.97. The molecule has 0 saturated carbocycles. The highest BCUT2D eigenvalue weighted by Gasteiger charge is 2.30. The van der Waals surface area contributed by atoms with Gasteiger partial charge in [-0.2, -0.15) is 0 Å². The van der Waals surface area contributed by atoms with Gasteiger partial charge in [0.05, 0.1) is 12.5 Å². The predicted octanol–water partition coefficient (Wildman–Crippen LogP) is 5.62. The number of hydrogen-bond acceptors (Lipinski definition) is 6. The summed E-state index contributed by atoms with van der Waals surface area (Å²) in [6.45, 7) is 6.16. The second-order valence-corrected chi connectivity index (χ2v) is 10.7. The van der Waals surface area contributed by atoms with Gasteiger partial charge < -0.3 is 24.4 Å². The summed E-state index contributed by atoms with van der Waals surface area (Å²) in [5.41, 5.74) is 1.70. The molecule has 0 unspecified atom stereocenters. The van der Waals surface area contributed by atoms with Gasteiger partial charge in [-0.1, -0.05) is 69.0 Å². The van der Waals surface area contributed by atoms with Gasteiger partial charge in [0.2, 0.25) is 5.91 Å². The number of amides is 1. The van der Waals surface area contributed by atoms with Crippen molar-refractivity contribution in [1.29, 1.82) is 0 Å². The Morgan fingerprint density at radius 1 is 0.949 bits per heavy atom. The molecule has 0 spiro atoms. The summed E-state index contributed by atoms with van der Waals surface area (Å²) in [4.78, 5) is 28.8. The number of ether oxygens (including phenoxy) is 3. The third-order valence-corrected chi connectivity index (χ3v) is 7.52. The number of hydrogen-bond donors (Lipinski definition) is 1. The molecule has 1 saturated heterocycles. The molecule has 2 aliphatic heterocycles. The second kappa shape index (κ2) is 15.5. The van der Waals surface area contributed by atoms with Gasteiger partial charge in [-0.15, -0.1) is 0 Å². The zero-order chi connectivity index (χ0) is 27.3. The number of likely N-dealkylation sites (tertiary alicyclic amines) is 1. The zero-order valence-electron chi connectivity index (χ0n) is 23.4. The molecular formula is C32H44N2O5. The number of rotatable bonds is 15. The van der Waals surface area contributed by atoms with Crippen molar-refractivity contribution in [3.05, 3.63) is 59.7 Å². The van der Waals surface area contributed by atoms with Crippen molar-refractivity contribution in [3.63, 3.8) is 0 Å². The van der Waals surface area contributed by atoms with Crippen molar-refractivity contribution in [3.8, 4) is 11.5 Å². The molecule has 0 aliphatic carbocycles. The smallest absolute Gasteiger partial charge is 0.310 e. The zero-order valence-corrected chi connectivity index (χ0v) is 23.4. The Morgan fingerprint density at radius 2 is 1.69 bits per heavy atom. The Kier molecular flexibility index (Phi) is 11.5. The first-order valence-electron chi connectivity index (χ1n) is 14.8. The van der Waals surface area contributed by atoms with Crippen LogP contribution in [0.15, 0.2) is 48.5 Å². The number of benzene rings is 2. The summed E-state index contributed by atoms with van der Waals surface area (Å²) in [7, 11) is 0. The Hall–Kier alpha value is -3.06. The van der Waals surface area contributed by atoms with Gasteiger partial charge in [0.25, 0.3) is 0 Å². The van der Waals surface area contributed by atoms with Crippen LogP contribution < -0.4 is 14.8 Å². The first kappa shape index (κ1) is 28.9. The summed E-state index contributed by atoms with van der Waals surface area (Å²) in [6, 6.07) is 14.9. The third-order valence-electron chi connectivity index (χ3n) is 7.52. The van der Waals surface area contributed by atoms with E-state index in [1.807, 2.05) is 48.5 Å². The van der Waals surface area contributed by atoms with Gasteiger partial charge in [0.1, 0.15) is 19.3 Å². The number of esters is 1. The fourth-order valence-corrected chi connectivity index (χ4v) is 5.36. The molecule has 212 valence electrons. The average molecular weight is 537 g/mol. The Bertz CT molecular complexity index is 1040. The molecule has 2 aliphatic rings. The van der Waals surface area contributed by atoms with E-state index >= 15 is 0 Å². The van der Waals surface area contributed by atoms with E-state index in [9.17, 15) is 9.59 Å². The summed E-state index contributed by atoms with van der Waals surface area (Å²) in [6.07, 6.45) is 8.56. The number of nitrogens with zero attached hydrogens (tertiary/aromatic N) is 1. The topological polar surface area (TPSA) is 77.1 Å². The minimum absolute atomic E-state index is 0.0135. The van der Waals surface area contributed by atoms with Crippen LogP contribution in [0.5, 0.6) is 11.5 Å². The quantitative estimate of drug-likeness (QED) is 0.235. The van der Waals surface area contributed by atoms with Crippen molar-refractivity contribution < 1.29 is 23.8 Å². The number of nitrogens with one attached hydrogen (secondary N) is 1. The number of fused-ring (bicyclic) bond motifs is 1. The van der Waals surface area contributed by atoms with Gasteiger partial charge in [-0.3, -0.25) is 9.59 Å². The van der Waals surface area contributed by atoms with Crippen LogP contribution in [0.3, 0.4) is 0 Å². The van der Waals surface area contributed by atoms with E-state index in [1.54, 1.807) is 0 Å². The molecule has 1 N–H and O–H groups in total. The maximum absolute atomic E-state index is 13.2. The molecule has 0 aromatic heterocycles. The van der Waals surface area contributed by atoms with Gasteiger partial charge in [0.15, 0.2) is 11.5 Å². The van der Waals surface area contributed by atoms with Gasteiger partial charge in [0, 0.05) is 13.0 Å². The monoisotopic (exact) mass is 536 g/mol. The van der Waals surface area contributed by atoms with Crippen LogP contribution in [-0.4, -0.2) is 55.7 Å². The van der Waals surface area contributed by atoms with Crippen molar-refractivity contribution in [1.82, 2.24) is 10.2 Å². The first-order chi connectivity index (χ1) is 19.1. The molecule has 2 aromatic carbocycles. The second-order valence-electron chi connectivity index (χ2n) is 10.7. The van der Waals surface area contributed by atoms with E-state index in [4.69, 9.17) is 14.2 Å². The standard InChI is InChI=1S/C32H44N2O5/c1-2-3-4-5-9-14-30(35)33-27(17-20-34-18-10-11-19-34)32(39-31(36)23-25-12-7-6-8-13-25)26-15-16-28-29(24-26)38-22-21-37-28/h6-8,12-13,15-16,24,27,32H,2-5,9-11,14,17-23H2,1H3,(H,33,35)/t27-,32-/m1/s1. The lowest BCUT2D eigenvalue weighted by Gasteiger charge is -2.31.